The molecule has 0 fully saturated rings. The third-order valence-electron chi connectivity index (χ3n) is 2.86. The van der Waals surface area contributed by atoms with Gasteiger partial charge in [-0.25, -0.2) is 10.2 Å². The van der Waals surface area contributed by atoms with Gasteiger partial charge in [0, 0.05) is 16.7 Å². The van der Waals surface area contributed by atoms with Gasteiger partial charge in [-0.2, -0.15) is 0 Å². The molecule has 0 bridgehead atoms. The van der Waals surface area contributed by atoms with Crippen molar-refractivity contribution in [2.75, 3.05) is 0 Å². The average Bonchev–Trinajstić information content (AvgIpc) is 2.44. The number of nitrogens with two attached hydrogens (primary N) is 1. The van der Waals surface area contributed by atoms with E-state index in [0.29, 0.717) is 6.42 Å². The largest absolute Gasteiger partial charge is 0.341 e. The quantitative estimate of drug-likeness (QED) is 0.323. The monoisotopic (exact) mass is 327 g/mol. The summed E-state index contributed by atoms with van der Waals surface area (Å²) in [6, 6.07) is 3.39. The SMILES string of the molecule is CC(C)C[C@H](NC(=O)/C=C/c1ccc(Cl)cc1F)C(=O)NN. The number of benzene rings is 1. The van der Waals surface area contributed by atoms with Crippen molar-refractivity contribution in [2.45, 2.75) is 26.3 Å². The first-order valence-electron chi connectivity index (χ1n) is 6.77. The zero-order valence-corrected chi connectivity index (χ0v) is 13.2. The Hall–Kier alpha value is -1.92. The Kier molecular flexibility index (Phi) is 7.01. The minimum Gasteiger partial charge on any atom is -0.341 e. The molecule has 7 heteroatoms. The molecule has 4 N–H and O–H groups in total. The molecule has 5 nitrogen and oxygen atoms in total. The van der Waals surface area contributed by atoms with Gasteiger partial charge in [0.25, 0.3) is 5.91 Å². The number of amides is 2. The van der Waals surface area contributed by atoms with Crippen LogP contribution in [-0.4, -0.2) is 17.9 Å². The van der Waals surface area contributed by atoms with Crippen molar-refractivity contribution in [1.29, 1.82) is 0 Å². The molecule has 0 saturated carbocycles. The van der Waals surface area contributed by atoms with Gasteiger partial charge in [-0.3, -0.25) is 15.0 Å². The van der Waals surface area contributed by atoms with Crippen LogP contribution >= 0.6 is 11.6 Å². The smallest absolute Gasteiger partial charge is 0.256 e. The van der Waals surface area contributed by atoms with Crippen molar-refractivity contribution in [1.82, 2.24) is 10.7 Å². The molecule has 0 aliphatic carbocycles. The van der Waals surface area contributed by atoms with E-state index in [9.17, 15) is 14.0 Å². The fourth-order valence-corrected chi connectivity index (χ4v) is 1.98. The number of halogens is 2. The van der Waals surface area contributed by atoms with Crippen LogP contribution in [0.1, 0.15) is 25.8 Å². The van der Waals surface area contributed by atoms with Crippen LogP contribution in [0.5, 0.6) is 0 Å². The predicted molar refractivity (Wildman–Crippen MR) is 84.2 cm³/mol. The first kappa shape index (κ1) is 18.1. The summed E-state index contributed by atoms with van der Waals surface area (Å²) in [7, 11) is 0. The summed E-state index contributed by atoms with van der Waals surface area (Å²) in [5.41, 5.74) is 2.24. The van der Waals surface area contributed by atoms with Gasteiger partial charge in [-0.15, -0.1) is 0 Å². The minimum absolute atomic E-state index is 0.195. The highest BCUT2D eigenvalue weighted by Crippen LogP contribution is 2.15. The maximum absolute atomic E-state index is 13.6. The Morgan fingerprint density at radius 1 is 1.41 bits per heavy atom. The van der Waals surface area contributed by atoms with E-state index in [0.717, 1.165) is 12.1 Å². The second kappa shape index (κ2) is 8.51. The van der Waals surface area contributed by atoms with Crippen molar-refractivity contribution in [3.05, 3.63) is 40.7 Å². The maximum atomic E-state index is 13.6. The predicted octanol–water partition coefficient (Wildman–Crippen LogP) is 2.01. The summed E-state index contributed by atoms with van der Waals surface area (Å²) in [4.78, 5) is 23.4. The molecule has 1 aromatic rings. The van der Waals surface area contributed by atoms with Gasteiger partial charge in [0.05, 0.1) is 0 Å². The van der Waals surface area contributed by atoms with Gasteiger partial charge in [0.2, 0.25) is 5.91 Å². The van der Waals surface area contributed by atoms with E-state index in [1.807, 2.05) is 19.3 Å². The molecule has 0 aliphatic rings. The van der Waals surface area contributed by atoms with Crippen molar-refractivity contribution in [3.8, 4) is 0 Å². The van der Waals surface area contributed by atoms with Crippen LogP contribution in [0.25, 0.3) is 6.08 Å². The Labute approximate surface area is 133 Å². The van der Waals surface area contributed by atoms with Gasteiger partial charge >= 0.3 is 0 Å². The van der Waals surface area contributed by atoms with Crippen LogP contribution in [0.3, 0.4) is 0 Å². The number of hydrogen-bond acceptors (Lipinski definition) is 3. The first-order chi connectivity index (χ1) is 10.3. The van der Waals surface area contributed by atoms with Gasteiger partial charge < -0.3 is 5.32 Å². The van der Waals surface area contributed by atoms with Crippen molar-refractivity contribution >= 4 is 29.5 Å². The lowest BCUT2D eigenvalue weighted by Gasteiger charge is -2.17. The van der Waals surface area contributed by atoms with Crippen LogP contribution < -0.4 is 16.6 Å². The third-order valence-corrected chi connectivity index (χ3v) is 3.09. The number of nitrogens with one attached hydrogen (secondary N) is 2. The van der Waals surface area contributed by atoms with Crippen LogP contribution in [0.15, 0.2) is 24.3 Å². The number of rotatable bonds is 6. The van der Waals surface area contributed by atoms with Crippen molar-refractivity contribution in [2.24, 2.45) is 11.8 Å². The second-order valence-electron chi connectivity index (χ2n) is 5.20. The first-order valence-corrected chi connectivity index (χ1v) is 7.15. The summed E-state index contributed by atoms with van der Waals surface area (Å²) in [6.45, 7) is 3.84. The molecule has 2 amide bonds. The normalized spacial score (nSPS) is 12.5. The van der Waals surface area contributed by atoms with E-state index in [2.05, 4.69) is 5.32 Å². The van der Waals surface area contributed by atoms with Crippen molar-refractivity contribution < 1.29 is 14.0 Å². The van der Waals surface area contributed by atoms with Crippen molar-refractivity contribution in [3.63, 3.8) is 0 Å². The van der Waals surface area contributed by atoms with E-state index in [-0.39, 0.29) is 16.5 Å². The molecule has 0 aromatic heterocycles. The highest BCUT2D eigenvalue weighted by atomic mass is 35.5. The Morgan fingerprint density at radius 3 is 2.64 bits per heavy atom. The fourth-order valence-electron chi connectivity index (χ4n) is 1.83. The molecule has 22 heavy (non-hydrogen) atoms. The van der Waals surface area contributed by atoms with Crippen LogP contribution in [0, 0.1) is 11.7 Å². The molecule has 1 rings (SSSR count). The summed E-state index contributed by atoms with van der Waals surface area (Å²) in [5, 5.41) is 2.81. The van der Waals surface area contributed by atoms with E-state index >= 15 is 0 Å². The second-order valence-corrected chi connectivity index (χ2v) is 5.63. The Balaban J connectivity index is 2.74. The molecule has 1 atom stereocenters. The molecule has 0 heterocycles. The molecule has 1 aromatic carbocycles. The van der Waals surface area contributed by atoms with E-state index in [4.69, 9.17) is 17.4 Å². The number of carbonyl (C=O) groups is 2. The number of carbonyl (C=O) groups excluding carboxylic acids is 2. The van der Waals surface area contributed by atoms with Crippen LogP contribution in [0.4, 0.5) is 4.39 Å². The lowest BCUT2D eigenvalue weighted by molar-refractivity contribution is -0.127. The lowest BCUT2D eigenvalue weighted by atomic mass is 10.0. The summed E-state index contributed by atoms with van der Waals surface area (Å²) in [6.07, 6.45) is 2.91. The van der Waals surface area contributed by atoms with Gasteiger partial charge in [-0.1, -0.05) is 31.5 Å². The third kappa shape index (κ3) is 5.83. The van der Waals surface area contributed by atoms with Crippen LogP contribution in [0.2, 0.25) is 5.02 Å². The molecule has 0 unspecified atom stereocenters. The zero-order chi connectivity index (χ0) is 16.7. The fraction of sp³-hybridized carbons (Fsp3) is 0.333. The molecule has 0 spiro atoms. The van der Waals surface area contributed by atoms with E-state index in [1.54, 1.807) is 0 Å². The molecule has 120 valence electrons. The molecular weight excluding hydrogens is 309 g/mol. The Bertz CT molecular complexity index is 576. The molecule has 0 radical (unpaired) electrons. The van der Waals surface area contributed by atoms with E-state index in [1.165, 1.54) is 18.2 Å². The standard InChI is InChI=1S/C15H19ClFN3O2/c1-9(2)7-13(15(22)20-18)19-14(21)6-4-10-3-5-11(16)8-12(10)17/h3-6,8-9,13H,7,18H2,1-2H3,(H,19,21)(H,20,22)/b6-4+/t13-/m0/s1. The van der Waals surface area contributed by atoms with Gasteiger partial charge in [-0.05, 0) is 30.5 Å². The highest BCUT2D eigenvalue weighted by molar-refractivity contribution is 6.30. The number of hydrazine groups is 1. The summed E-state index contributed by atoms with van der Waals surface area (Å²) < 4.78 is 13.6. The molecule has 0 saturated heterocycles. The number of hydrogen-bond donors (Lipinski definition) is 3. The molecular formula is C15H19ClFN3O2. The minimum atomic E-state index is -0.739. The topological polar surface area (TPSA) is 84.2 Å². The van der Waals surface area contributed by atoms with E-state index < -0.39 is 23.7 Å². The summed E-state index contributed by atoms with van der Waals surface area (Å²) >= 11 is 5.65. The highest BCUT2D eigenvalue weighted by Gasteiger charge is 2.20. The summed E-state index contributed by atoms with van der Waals surface area (Å²) in [5.74, 6) is 3.77. The maximum Gasteiger partial charge on any atom is 0.256 e. The van der Waals surface area contributed by atoms with Gasteiger partial charge in [0.15, 0.2) is 0 Å². The lowest BCUT2D eigenvalue weighted by Crippen LogP contribution is -2.49. The zero-order valence-electron chi connectivity index (χ0n) is 12.4. The average molecular weight is 328 g/mol. The van der Waals surface area contributed by atoms with Gasteiger partial charge in [0.1, 0.15) is 11.9 Å². The van der Waals surface area contributed by atoms with Crippen LogP contribution in [-0.2, 0) is 9.59 Å². The Morgan fingerprint density at radius 2 is 2.09 bits per heavy atom. The molecule has 0 aliphatic heterocycles.